The number of nitrogens with one attached hydrogen (secondary N) is 1. The second kappa shape index (κ2) is 8.92. The van der Waals surface area contributed by atoms with Gasteiger partial charge in [0.1, 0.15) is 0 Å². The van der Waals surface area contributed by atoms with Crippen LogP contribution in [0.15, 0.2) is 36.7 Å². The maximum atomic E-state index is 12.3. The Balaban J connectivity index is 1.48. The van der Waals surface area contributed by atoms with E-state index in [0.717, 1.165) is 43.1 Å². The lowest BCUT2D eigenvalue weighted by molar-refractivity contribution is 0.0913. The molecule has 0 radical (unpaired) electrons. The largest absolute Gasteiger partial charge is 0.364 e. The fourth-order valence-electron chi connectivity index (χ4n) is 3.22. The van der Waals surface area contributed by atoms with Crippen LogP contribution in [-0.4, -0.2) is 46.3 Å². The highest BCUT2D eigenvalue weighted by atomic mass is 35.5. The first-order chi connectivity index (χ1) is 13.0. The number of likely N-dealkylation sites (tertiary alicyclic amines) is 1. The summed E-state index contributed by atoms with van der Waals surface area (Å²) >= 11 is 6.23. The van der Waals surface area contributed by atoms with E-state index >= 15 is 0 Å². The molecule has 1 saturated heterocycles. The smallest absolute Gasteiger partial charge is 0.272 e. The zero-order valence-electron chi connectivity index (χ0n) is 14.9. The van der Waals surface area contributed by atoms with E-state index in [4.69, 9.17) is 17.3 Å². The highest BCUT2D eigenvalue weighted by molar-refractivity contribution is 6.31. The molecule has 1 aliphatic rings. The molecule has 142 valence electrons. The normalized spacial score (nSPS) is 15.4. The van der Waals surface area contributed by atoms with Gasteiger partial charge in [-0.3, -0.25) is 14.5 Å². The average Bonchev–Trinajstić information content (AvgIpc) is 2.69. The maximum absolute atomic E-state index is 12.3. The molecule has 0 aliphatic carbocycles. The summed E-state index contributed by atoms with van der Waals surface area (Å²) in [6, 6.07) is 7.88. The first kappa shape index (κ1) is 19.3. The third-order valence-corrected chi connectivity index (χ3v) is 5.13. The second-order valence-corrected chi connectivity index (χ2v) is 7.05. The molecule has 1 aromatic heterocycles. The summed E-state index contributed by atoms with van der Waals surface area (Å²) in [7, 11) is 0. The van der Waals surface area contributed by atoms with Gasteiger partial charge in [-0.05, 0) is 43.5 Å². The Kier molecular flexibility index (Phi) is 6.36. The molecule has 2 heterocycles. The van der Waals surface area contributed by atoms with Crippen molar-refractivity contribution in [2.45, 2.75) is 19.4 Å². The monoisotopic (exact) mass is 387 g/mol. The number of halogens is 1. The van der Waals surface area contributed by atoms with Crippen LogP contribution in [0.4, 0.5) is 0 Å². The van der Waals surface area contributed by atoms with Crippen LogP contribution in [-0.2, 0) is 6.54 Å². The van der Waals surface area contributed by atoms with Crippen molar-refractivity contribution in [3.05, 3.63) is 58.6 Å². The predicted octanol–water partition coefficient (Wildman–Crippen LogP) is 1.87. The van der Waals surface area contributed by atoms with Crippen molar-refractivity contribution in [3.63, 3.8) is 0 Å². The molecule has 1 aromatic carbocycles. The van der Waals surface area contributed by atoms with Gasteiger partial charge in [-0.25, -0.2) is 9.97 Å². The molecule has 7 nitrogen and oxygen atoms in total. The summed E-state index contributed by atoms with van der Waals surface area (Å²) in [6.07, 6.45) is 4.67. The Labute approximate surface area is 162 Å². The lowest BCUT2D eigenvalue weighted by Gasteiger charge is -2.32. The Morgan fingerprint density at radius 2 is 1.81 bits per heavy atom. The summed E-state index contributed by atoms with van der Waals surface area (Å²) in [5.41, 5.74) is 6.24. The van der Waals surface area contributed by atoms with Gasteiger partial charge < -0.3 is 11.1 Å². The van der Waals surface area contributed by atoms with Gasteiger partial charge in [-0.1, -0.05) is 29.8 Å². The first-order valence-corrected chi connectivity index (χ1v) is 9.27. The number of carbonyl (C=O) groups excluding carboxylic acids is 2. The zero-order chi connectivity index (χ0) is 19.2. The van der Waals surface area contributed by atoms with Crippen molar-refractivity contribution >= 4 is 23.4 Å². The van der Waals surface area contributed by atoms with Crippen molar-refractivity contribution in [1.29, 1.82) is 0 Å². The topological polar surface area (TPSA) is 101 Å². The van der Waals surface area contributed by atoms with Crippen LogP contribution < -0.4 is 11.1 Å². The number of carbonyl (C=O) groups is 2. The molecular weight excluding hydrogens is 366 g/mol. The van der Waals surface area contributed by atoms with Gasteiger partial charge in [0.2, 0.25) is 0 Å². The molecule has 0 unspecified atom stereocenters. The van der Waals surface area contributed by atoms with Gasteiger partial charge in [0.05, 0.1) is 0 Å². The van der Waals surface area contributed by atoms with Crippen LogP contribution >= 0.6 is 11.6 Å². The van der Waals surface area contributed by atoms with Crippen LogP contribution in [0.3, 0.4) is 0 Å². The number of rotatable bonds is 6. The molecule has 27 heavy (non-hydrogen) atoms. The van der Waals surface area contributed by atoms with Gasteiger partial charge in [-0.2, -0.15) is 0 Å². The van der Waals surface area contributed by atoms with Crippen LogP contribution in [0, 0.1) is 5.92 Å². The van der Waals surface area contributed by atoms with E-state index in [2.05, 4.69) is 20.2 Å². The van der Waals surface area contributed by atoms with Crippen LogP contribution in [0.25, 0.3) is 0 Å². The summed E-state index contributed by atoms with van der Waals surface area (Å²) in [5.74, 6) is -0.804. The minimum absolute atomic E-state index is 0.0267. The van der Waals surface area contributed by atoms with E-state index in [1.54, 1.807) is 0 Å². The number of nitrogens with zero attached hydrogens (tertiary/aromatic N) is 3. The van der Waals surface area contributed by atoms with Gasteiger partial charge in [0, 0.05) is 30.5 Å². The Hall–Kier alpha value is -2.51. The van der Waals surface area contributed by atoms with Crippen LogP contribution in [0.2, 0.25) is 5.02 Å². The molecule has 8 heteroatoms. The highest BCUT2D eigenvalue weighted by Crippen LogP contribution is 2.22. The van der Waals surface area contributed by atoms with Crippen molar-refractivity contribution in [1.82, 2.24) is 20.2 Å². The average molecular weight is 388 g/mol. The molecule has 1 fully saturated rings. The lowest BCUT2D eigenvalue weighted by atomic mass is 9.96. The van der Waals surface area contributed by atoms with E-state index in [1.807, 2.05) is 24.3 Å². The lowest BCUT2D eigenvalue weighted by Crippen LogP contribution is -2.39. The third kappa shape index (κ3) is 5.02. The molecule has 0 bridgehead atoms. The van der Waals surface area contributed by atoms with Gasteiger partial charge >= 0.3 is 0 Å². The van der Waals surface area contributed by atoms with Crippen molar-refractivity contribution in [3.8, 4) is 0 Å². The van der Waals surface area contributed by atoms with Gasteiger partial charge in [0.15, 0.2) is 11.4 Å². The van der Waals surface area contributed by atoms with Crippen LogP contribution in [0.1, 0.15) is 39.4 Å². The minimum Gasteiger partial charge on any atom is -0.364 e. The van der Waals surface area contributed by atoms with E-state index in [1.165, 1.54) is 12.4 Å². The summed E-state index contributed by atoms with van der Waals surface area (Å²) in [5, 5.41) is 3.64. The highest BCUT2D eigenvalue weighted by Gasteiger charge is 2.22. The summed E-state index contributed by atoms with van der Waals surface area (Å²) < 4.78 is 0. The van der Waals surface area contributed by atoms with Crippen LogP contribution in [0.5, 0.6) is 0 Å². The number of benzene rings is 1. The zero-order valence-corrected chi connectivity index (χ0v) is 15.7. The molecule has 3 N–H and O–H groups in total. The molecule has 3 rings (SSSR count). The quantitative estimate of drug-likeness (QED) is 0.787. The number of aromatic nitrogens is 2. The first-order valence-electron chi connectivity index (χ1n) is 8.89. The summed E-state index contributed by atoms with van der Waals surface area (Å²) in [4.78, 5) is 33.8. The van der Waals surface area contributed by atoms with Crippen molar-refractivity contribution < 1.29 is 9.59 Å². The van der Waals surface area contributed by atoms with Gasteiger partial charge in [0.25, 0.3) is 11.8 Å². The fraction of sp³-hybridized carbons (Fsp3) is 0.368. The second-order valence-electron chi connectivity index (χ2n) is 6.64. The van der Waals surface area contributed by atoms with Gasteiger partial charge in [-0.15, -0.1) is 0 Å². The number of hydrogen-bond donors (Lipinski definition) is 2. The SMILES string of the molecule is NC(=O)c1nccnc1C(=O)NCC1CCN(Cc2ccccc2Cl)CC1. The molecule has 0 atom stereocenters. The molecule has 1 aliphatic heterocycles. The van der Waals surface area contributed by atoms with E-state index < -0.39 is 11.8 Å². The Bertz CT molecular complexity index is 821. The molecule has 2 aromatic rings. The van der Waals surface area contributed by atoms with Crippen molar-refractivity contribution in [2.75, 3.05) is 19.6 Å². The number of amides is 2. The standard InChI is InChI=1S/C19H22ClN5O2/c20-15-4-2-1-3-14(15)12-25-9-5-13(6-10-25)11-24-19(27)17-16(18(21)26)22-7-8-23-17/h1-4,7-8,13H,5-6,9-12H2,(H2,21,26)(H,24,27). The predicted molar refractivity (Wildman–Crippen MR) is 102 cm³/mol. The number of piperidine rings is 1. The van der Waals surface area contributed by atoms with Crippen molar-refractivity contribution in [2.24, 2.45) is 11.7 Å². The summed E-state index contributed by atoms with van der Waals surface area (Å²) in [6.45, 7) is 3.26. The fourth-order valence-corrected chi connectivity index (χ4v) is 3.42. The van der Waals surface area contributed by atoms with E-state index in [-0.39, 0.29) is 11.4 Å². The number of hydrogen-bond acceptors (Lipinski definition) is 5. The molecule has 2 amide bonds. The minimum atomic E-state index is -0.763. The Morgan fingerprint density at radius 3 is 2.48 bits per heavy atom. The maximum Gasteiger partial charge on any atom is 0.272 e. The molecule has 0 spiro atoms. The number of nitrogens with two attached hydrogens (primary N) is 1. The third-order valence-electron chi connectivity index (χ3n) is 4.76. The molecular formula is C19H22ClN5O2. The van der Waals surface area contributed by atoms with E-state index in [0.29, 0.717) is 12.5 Å². The molecule has 0 saturated carbocycles. The van der Waals surface area contributed by atoms with E-state index in [9.17, 15) is 9.59 Å². The number of primary amides is 1. The Morgan fingerprint density at radius 1 is 1.15 bits per heavy atom.